The number of halogens is 2. The fourth-order valence-electron chi connectivity index (χ4n) is 3.16. The molecule has 1 saturated carbocycles. The summed E-state index contributed by atoms with van der Waals surface area (Å²) in [6.07, 6.45) is 2.79. The second kappa shape index (κ2) is 6.43. The highest BCUT2D eigenvalue weighted by Gasteiger charge is 2.42. The largest absolute Gasteiger partial charge is 0.373 e. The van der Waals surface area contributed by atoms with Crippen LogP contribution < -0.4 is 10.6 Å². The minimum atomic E-state index is -0.478. The van der Waals surface area contributed by atoms with E-state index in [4.69, 9.17) is 4.74 Å². The van der Waals surface area contributed by atoms with Crippen LogP contribution in [0.15, 0.2) is 23.2 Å². The van der Waals surface area contributed by atoms with Gasteiger partial charge in [0.05, 0.1) is 5.60 Å². The van der Waals surface area contributed by atoms with Gasteiger partial charge in [-0.2, -0.15) is 0 Å². The molecule has 6 heteroatoms. The first-order chi connectivity index (χ1) is 11.0. The molecule has 1 aliphatic heterocycles. The second-order valence-electron chi connectivity index (χ2n) is 6.56. The molecule has 23 heavy (non-hydrogen) atoms. The Morgan fingerprint density at radius 1 is 1.39 bits per heavy atom. The van der Waals surface area contributed by atoms with Gasteiger partial charge in [-0.1, -0.05) is 6.07 Å². The molecular weight excluding hydrogens is 300 g/mol. The smallest absolute Gasteiger partial charge is 0.191 e. The third-order valence-corrected chi connectivity index (χ3v) is 4.64. The maximum absolute atomic E-state index is 13.8. The maximum Gasteiger partial charge on any atom is 0.191 e. The molecule has 1 heterocycles. The van der Waals surface area contributed by atoms with Crippen LogP contribution in [0.5, 0.6) is 0 Å². The van der Waals surface area contributed by atoms with E-state index in [1.165, 1.54) is 18.2 Å². The van der Waals surface area contributed by atoms with Gasteiger partial charge in [-0.3, -0.25) is 4.99 Å². The van der Waals surface area contributed by atoms with Gasteiger partial charge in [-0.15, -0.1) is 0 Å². The predicted octanol–water partition coefficient (Wildman–Crippen LogP) is 2.55. The molecular formula is C17H23F2N3O. The molecule has 2 N–H and O–H groups in total. The Morgan fingerprint density at radius 3 is 2.74 bits per heavy atom. The molecule has 0 bridgehead atoms. The minimum absolute atomic E-state index is 0.00454. The van der Waals surface area contributed by atoms with Crippen molar-refractivity contribution < 1.29 is 13.5 Å². The van der Waals surface area contributed by atoms with Gasteiger partial charge in [-0.25, -0.2) is 8.78 Å². The summed E-state index contributed by atoms with van der Waals surface area (Å²) in [7, 11) is 1.69. The molecule has 1 saturated heterocycles. The van der Waals surface area contributed by atoms with Crippen LogP contribution in [-0.2, 0) is 4.74 Å². The van der Waals surface area contributed by atoms with Gasteiger partial charge in [0, 0.05) is 37.7 Å². The number of nitrogens with one attached hydrogen (secondary N) is 2. The lowest BCUT2D eigenvalue weighted by atomic mass is 10.0. The van der Waals surface area contributed by atoms with Crippen molar-refractivity contribution >= 4 is 5.96 Å². The lowest BCUT2D eigenvalue weighted by molar-refractivity contribution is 0.0243. The first kappa shape index (κ1) is 16.2. The van der Waals surface area contributed by atoms with Crippen molar-refractivity contribution in [2.24, 2.45) is 4.99 Å². The monoisotopic (exact) mass is 323 g/mol. The van der Waals surface area contributed by atoms with Crippen LogP contribution in [0, 0.1) is 11.6 Å². The zero-order chi connectivity index (χ0) is 16.4. The second-order valence-corrected chi connectivity index (χ2v) is 6.56. The molecule has 1 aliphatic carbocycles. The number of aliphatic imine (C=N–C) groups is 1. The predicted molar refractivity (Wildman–Crippen MR) is 85.6 cm³/mol. The van der Waals surface area contributed by atoms with Crippen LogP contribution in [0.3, 0.4) is 0 Å². The van der Waals surface area contributed by atoms with Crippen LogP contribution in [0.1, 0.15) is 37.7 Å². The zero-order valence-electron chi connectivity index (χ0n) is 13.5. The Hall–Kier alpha value is -1.69. The standard InChI is InChI=1S/C17H23F2N3O/c1-17(7-4-8-23-17)10-21-16(20-2)22-14-9-11(14)15-12(18)5-3-6-13(15)19/h3,5-6,11,14H,4,7-10H2,1-2H3,(H2,20,21,22). The molecule has 2 fully saturated rings. The SMILES string of the molecule is CN=C(NCC1(C)CCCO1)NC1CC1c1c(F)cccc1F. The normalized spacial score (nSPS) is 30.3. The Balaban J connectivity index is 1.55. The van der Waals surface area contributed by atoms with E-state index in [0.29, 0.717) is 18.9 Å². The van der Waals surface area contributed by atoms with Crippen LogP contribution in [0.2, 0.25) is 0 Å². The summed E-state index contributed by atoms with van der Waals surface area (Å²) in [4.78, 5) is 4.18. The Labute approximate surface area is 135 Å². The van der Waals surface area contributed by atoms with Crippen LogP contribution >= 0.6 is 0 Å². The van der Waals surface area contributed by atoms with Crippen molar-refractivity contribution in [3.05, 3.63) is 35.4 Å². The number of nitrogens with zero attached hydrogens (tertiary/aromatic N) is 1. The fraction of sp³-hybridized carbons (Fsp3) is 0.588. The molecule has 2 aliphatic rings. The lowest BCUT2D eigenvalue weighted by Gasteiger charge is -2.24. The van der Waals surface area contributed by atoms with Crippen molar-refractivity contribution in [1.82, 2.24) is 10.6 Å². The number of ether oxygens (including phenoxy) is 1. The van der Waals surface area contributed by atoms with Crippen LogP contribution in [-0.4, -0.2) is 37.8 Å². The van der Waals surface area contributed by atoms with Crippen molar-refractivity contribution in [2.75, 3.05) is 20.2 Å². The molecule has 0 spiro atoms. The van der Waals surface area contributed by atoms with E-state index in [-0.39, 0.29) is 23.1 Å². The topological polar surface area (TPSA) is 45.7 Å². The van der Waals surface area contributed by atoms with Gasteiger partial charge in [-0.05, 0) is 38.3 Å². The quantitative estimate of drug-likeness (QED) is 0.661. The molecule has 0 aromatic heterocycles. The van der Waals surface area contributed by atoms with Crippen molar-refractivity contribution in [3.8, 4) is 0 Å². The highest BCUT2D eigenvalue weighted by molar-refractivity contribution is 5.80. The van der Waals surface area contributed by atoms with E-state index < -0.39 is 11.6 Å². The summed E-state index contributed by atoms with van der Waals surface area (Å²) in [5.74, 6) is -0.456. The Bertz CT molecular complexity index is 579. The van der Waals surface area contributed by atoms with Gasteiger partial charge in [0.2, 0.25) is 0 Å². The van der Waals surface area contributed by atoms with E-state index in [1.807, 2.05) is 0 Å². The molecule has 3 atom stereocenters. The zero-order valence-corrected chi connectivity index (χ0v) is 13.5. The van der Waals surface area contributed by atoms with Crippen molar-refractivity contribution in [1.29, 1.82) is 0 Å². The van der Waals surface area contributed by atoms with E-state index in [2.05, 4.69) is 22.5 Å². The molecule has 3 unspecified atom stereocenters. The van der Waals surface area contributed by atoms with Crippen molar-refractivity contribution in [2.45, 2.75) is 43.7 Å². The highest BCUT2D eigenvalue weighted by atomic mass is 19.1. The summed E-state index contributed by atoms with van der Waals surface area (Å²) in [6.45, 7) is 3.54. The summed E-state index contributed by atoms with van der Waals surface area (Å²) >= 11 is 0. The van der Waals surface area contributed by atoms with Crippen molar-refractivity contribution in [3.63, 3.8) is 0 Å². The minimum Gasteiger partial charge on any atom is -0.373 e. The van der Waals surface area contributed by atoms with Gasteiger partial charge < -0.3 is 15.4 Å². The number of hydrogen-bond donors (Lipinski definition) is 2. The molecule has 4 nitrogen and oxygen atoms in total. The van der Waals surface area contributed by atoms with E-state index >= 15 is 0 Å². The summed E-state index contributed by atoms with van der Waals surface area (Å²) in [6, 6.07) is 4.00. The van der Waals surface area contributed by atoms with Gasteiger partial charge in [0.25, 0.3) is 0 Å². The maximum atomic E-state index is 13.8. The average Bonchev–Trinajstić information content (AvgIpc) is 3.13. The van der Waals surface area contributed by atoms with Gasteiger partial charge in [0.15, 0.2) is 5.96 Å². The van der Waals surface area contributed by atoms with E-state index in [1.54, 1.807) is 7.05 Å². The first-order valence-electron chi connectivity index (χ1n) is 8.07. The number of rotatable bonds is 4. The number of benzene rings is 1. The Kier molecular flexibility index (Phi) is 4.53. The number of guanidine groups is 1. The number of hydrogen-bond acceptors (Lipinski definition) is 2. The molecule has 1 aromatic rings. The van der Waals surface area contributed by atoms with Crippen LogP contribution in [0.25, 0.3) is 0 Å². The molecule has 0 amide bonds. The molecule has 126 valence electrons. The molecule has 0 radical (unpaired) electrons. The fourth-order valence-corrected chi connectivity index (χ4v) is 3.16. The summed E-state index contributed by atoms with van der Waals surface area (Å²) in [5.41, 5.74) is 0.00429. The van der Waals surface area contributed by atoms with Gasteiger partial charge in [0.1, 0.15) is 11.6 Å². The summed E-state index contributed by atoms with van der Waals surface area (Å²) < 4.78 is 33.3. The third kappa shape index (κ3) is 3.63. The van der Waals surface area contributed by atoms with E-state index in [9.17, 15) is 8.78 Å². The summed E-state index contributed by atoms with van der Waals surface area (Å²) in [5, 5.41) is 6.49. The third-order valence-electron chi connectivity index (χ3n) is 4.64. The molecule has 3 rings (SSSR count). The Morgan fingerprint density at radius 2 is 2.13 bits per heavy atom. The highest BCUT2D eigenvalue weighted by Crippen LogP contribution is 2.43. The van der Waals surface area contributed by atoms with Crippen LogP contribution in [0.4, 0.5) is 8.78 Å². The lowest BCUT2D eigenvalue weighted by Crippen LogP contribution is -2.46. The molecule has 1 aromatic carbocycles. The average molecular weight is 323 g/mol. The van der Waals surface area contributed by atoms with E-state index in [0.717, 1.165) is 19.4 Å². The van der Waals surface area contributed by atoms with Gasteiger partial charge >= 0.3 is 0 Å². The first-order valence-corrected chi connectivity index (χ1v) is 8.07.